The number of piperidine rings is 1. The summed E-state index contributed by atoms with van der Waals surface area (Å²) >= 11 is 0. The van der Waals surface area contributed by atoms with Crippen molar-refractivity contribution in [2.24, 2.45) is 0 Å². The van der Waals surface area contributed by atoms with Crippen molar-refractivity contribution in [3.8, 4) is 0 Å². The van der Waals surface area contributed by atoms with Gasteiger partial charge in [0.2, 0.25) is 5.91 Å². The summed E-state index contributed by atoms with van der Waals surface area (Å²) in [5.41, 5.74) is 3.37. The van der Waals surface area contributed by atoms with Crippen LogP contribution >= 0.6 is 0 Å². The van der Waals surface area contributed by atoms with Gasteiger partial charge in [-0.15, -0.1) is 0 Å². The molecule has 1 atom stereocenters. The van der Waals surface area contributed by atoms with Crippen molar-refractivity contribution in [1.82, 2.24) is 10.3 Å². The fourth-order valence-electron chi connectivity index (χ4n) is 3.63. The molecule has 0 spiro atoms. The molecule has 0 saturated carbocycles. The number of pyridine rings is 1. The maximum atomic E-state index is 12.5. The molecular formula is C20H24N4O. The van der Waals surface area contributed by atoms with E-state index in [1.165, 1.54) is 24.8 Å². The number of hydrogen-bond donors (Lipinski definition) is 2. The summed E-state index contributed by atoms with van der Waals surface area (Å²) in [6, 6.07) is 12.0. The average Bonchev–Trinajstić information content (AvgIpc) is 3.11. The van der Waals surface area contributed by atoms with Crippen LogP contribution in [0.15, 0.2) is 42.6 Å². The zero-order valence-electron chi connectivity index (χ0n) is 14.4. The highest BCUT2D eigenvalue weighted by atomic mass is 16.2. The minimum atomic E-state index is -0.180. The molecule has 2 aromatic rings. The largest absolute Gasteiger partial charge is 0.373 e. The van der Waals surface area contributed by atoms with Gasteiger partial charge in [-0.25, -0.2) is 4.98 Å². The molecule has 1 amide bonds. The molecule has 25 heavy (non-hydrogen) atoms. The number of benzene rings is 1. The fourth-order valence-corrected chi connectivity index (χ4v) is 3.63. The van der Waals surface area contributed by atoms with E-state index in [1.807, 2.05) is 30.5 Å². The van der Waals surface area contributed by atoms with E-state index < -0.39 is 0 Å². The molecule has 2 N–H and O–H groups in total. The van der Waals surface area contributed by atoms with Crippen LogP contribution in [0.5, 0.6) is 0 Å². The van der Waals surface area contributed by atoms with Crippen LogP contribution < -0.4 is 15.5 Å². The van der Waals surface area contributed by atoms with Crippen LogP contribution in [0.25, 0.3) is 0 Å². The molecule has 3 heterocycles. The van der Waals surface area contributed by atoms with Crippen LogP contribution in [0, 0.1) is 0 Å². The Kier molecular flexibility index (Phi) is 4.55. The van der Waals surface area contributed by atoms with Crippen LogP contribution in [0.3, 0.4) is 0 Å². The lowest BCUT2D eigenvalue weighted by Gasteiger charge is -2.28. The van der Waals surface area contributed by atoms with Crippen LogP contribution in [-0.4, -0.2) is 30.0 Å². The normalized spacial score (nSPS) is 19.2. The van der Waals surface area contributed by atoms with Gasteiger partial charge in [0, 0.05) is 37.9 Å². The third-order valence-electron chi connectivity index (χ3n) is 5.04. The van der Waals surface area contributed by atoms with Crippen LogP contribution in [0.1, 0.15) is 30.4 Å². The van der Waals surface area contributed by atoms with E-state index in [4.69, 9.17) is 0 Å². The standard InChI is InChI=1S/C20H24N4O/c25-20(18-13-16-6-2-3-7-17(16)23-18)22-14-15-8-9-21-19(12-15)24-10-4-1-5-11-24/h2-3,6-9,12,18,23H,1,4-5,10-11,13-14H2,(H,22,25)/t18-/m0/s1. The summed E-state index contributed by atoms with van der Waals surface area (Å²) in [5, 5.41) is 6.36. The summed E-state index contributed by atoms with van der Waals surface area (Å²) in [7, 11) is 0. The van der Waals surface area contributed by atoms with Crippen LogP contribution in [0.4, 0.5) is 11.5 Å². The van der Waals surface area contributed by atoms with E-state index in [0.29, 0.717) is 6.54 Å². The van der Waals surface area contributed by atoms with Crippen LogP contribution in [0.2, 0.25) is 0 Å². The molecule has 0 aliphatic carbocycles. The Labute approximate surface area is 148 Å². The van der Waals surface area contributed by atoms with Crippen molar-refractivity contribution < 1.29 is 4.79 Å². The van der Waals surface area contributed by atoms with Crippen molar-refractivity contribution in [2.75, 3.05) is 23.3 Å². The number of carbonyl (C=O) groups is 1. The topological polar surface area (TPSA) is 57.3 Å². The molecule has 0 radical (unpaired) electrons. The Morgan fingerprint density at radius 1 is 1.20 bits per heavy atom. The Morgan fingerprint density at radius 2 is 2.04 bits per heavy atom. The lowest BCUT2D eigenvalue weighted by atomic mass is 10.1. The van der Waals surface area contributed by atoms with Crippen molar-refractivity contribution >= 4 is 17.4 Å². The van der Waals surface area contributed by atoms with Crippen molar-refractivity contribution in [2.45, 2.75) is 38.3 Å². The number of hydrogen-bond acceptors (Lipinski definition) is 4. The quantitative estimate of drug-likeness (QED) is 0.901. The second-order valence-electron chi connectivity index (χ2n) is 6.85. The van der Waals surface area contributed by atoms with Crippen LogP contribution in [-0.2, 0) is 17.8 Å². The zero-order valence-corrected chi connectivity index (χ0v) is 14.4. The number of nitrogens with zero attached hydrogens (tertiary/aromatic N) is 2. The van der Waals surface area contributed by atoms with Crippen molar-refractivity contribution in [1.29, 1.82) is 0 Å². The Bertz CT molecular complexity index is 730. The first-order valence-corrected chi connectivity index (χ1v) is 9.11. The smallest absolute Gasteiger partial charge is 0.243 e. The highest BCUT2D eigenvalue weighted by molar-refractivity contribution is 5.87. The molecule has 0 unspecified atom stereocenters. The minimum Gasteiger partial charge on any atom is -0.373 e. The predicted octanol–water partition coefficient (Wildman–Crippen LogP) is 2.72. The lowest BCUT2D eigenvalue weighted by molar-refractivity contribution is -0.121. The van der Waals surface area contributed by atoms with E-state index >= 15 is 0 Å². The van der Waals surface area contributed by atoms with Gasteiger partial charge in [0.15, 0.2) is 0 Å². The molecule has 2 aliphatic heterocycles. The monoisotopic (exact) mass is 336 g/mol. The Morgan fingerprint density at radius 3 is 2.88 bits per heavy atom. The average molecular weight is 336 g/mol. The minimum absolute atomic E-state index is 0.0486. The van der Waals surface area contributed by atoms with Gasteiger partial charge < -0.3 is 15.5 Å². The molecule has 0 bridgehead atoms. The van der Waals surface area contributed by atoms with Gasteiger partial charge in [0.05, 0.1) is 0 Å². The summed E-state index contributed by atoms with van der Waals surface area (Å²) in [4.78, 5) is 19.3. The number of aromatic nitrogens is 1. The number of anilines is 2. The first-order chi connectivity index (χ1) is 12.3. The van der Waals surface area contributed by atoms with Gasteiger partial charge in [-0.05, 0) is 48.6 Å². The van der Waals surface area contributed by atoms with E-state index in [1.54, 1.807) is 0 Å². The van der Waals surface area contributed by atoms with Gasteiger partial charge in [0.25, 0.3) is 0 Å². The first kappa shape index (κ1) is 15.9. The third kappa shape index (κ3) is 3.60. The second-order valence-corrected chi connectivity index (χ2v) is 6.85. The van der Waals surface area contributed by atoms with Gasteiger partial charge in [-0.3, -0.25) is 4.79 Å². The van der Waals surface area contributed by atoms with E-state index in [-0.39, 0.29) is 11.9 Å². The lowest BCUT2D eigenvalue weighted by Crippen LogP contribution is -2.38. The number of nitrogens with one attached hydrogen (secondary N) is 2. The number of para-hydroxylation sites is 1. The molecule has 1 saturated heterocycles. The molecule has 130 valence electrons. The summed E-state index contributed by atoms with van der Waals surface area (Å²) in [6.07, 6.45) is 6.36. The van der Waals surface area contributed by atoms with Gasteiger partial charge in [-0.2, -0.15) is 0 Å². The number of carbonyl (C=O) groups excluding carboxylic acids is 1. The molecule has 2 aliphatic rings. The molecule has 5 nitrogen and oxygen atoms in total. The van der Waals surface area contributed by atoms with Gasteiger partial charge >= 0.3 is 0 Å². The highest BCUT2D eigenvalue weighted by Crippen LogP contribution is 2.25. The molecular weight excluding hydrogens is 312 g/mol. The zero-order chi connectivity index (χ0) is 17.1. The van der Waals surface area contributed by atoms with E-state index in [0.717, 1.165) is 36.6 Å². The molecule has 1 aromatic heterocycles. The predicted molar refractivity (Wildman–Crippen MR) is 99.7 cm³/mol. The van der Waals surface area contributed by atoms with Crippen molar-refractivity contribution in [3.05, 3.63) is 53.7 Å². The maximum absolute atomic E-state index is 12.5. The Hall–Kier alpha value is -2.56. The highest BCUT2D eigenvalue weighted by Gasteiger charge is 2.26. The summed E-state index contributed by atoms with van der Waals surface area (Å²) < 4.78 is 0. The third-order valence-corrected chi connectivity index (χ3v) is 5.04. The molecule has 5 heteroatoms. The second kappa shape index (κ2) is 7.13. The number of amides is 1. The fraction of sp³-hybridized carbons (Fsp3) is 0.400. The number of fused-ring (bicyclic) bond motifs is 1. The van der Waals surface area contributed by atoms with Gasteiger partial charge in [0.1, 0.15) is 11.9 Å². The summed E-state index contributed by atoms with van der Waals surface area (Å²) in [5.74, 6) is 1.07. The summed E-state index contributed by atoms with van der Waals surface area (Å²) in [6.45, 7) is 2.69. The van der Waals surface area contributed by atoms with E-state index in [2.05, 4.69) is 32.7 Å². The molecule has 1 fully saturated rings. The Balaban J connectivity index is 1.35. The van der Waals surface area contributed by atoms with Gasteiger partial charge in [-0.1, -0.05) is 18.2 Å². The van der Waals surface area contributed by atoms with E-state index in [9.17, 15) is 4.79 Å². The molecule has 4 rings (SSSR count). The number of rotatable bonds is 4. The van der Waals surface area contributed by atoms with Crippen molar-refractivity contribution in [3.63, 3.8) is 0 Å². The molecule has 1 aromatic carbocycles. The SMILES string of the molecule is O=C(NCc1ccnc(N2CCCCC2)c1)[C@@H]1Cc2ccccc2N1. The first-order valence-electron chi connectivity index (χ1n) is 9.11. The maximum Gasteiger partial charge on any atom is 0.243 e.